The summed E-state index contributed by atoms with van der Waals surface area (Å²) in [5.74, 6) is -0.322. The Labute approximate surface area is 247 Å². The maximum atomic E-state index is 14.0. The summed E-state index contributed by atoms with van der Waals surface area (Å²) >= 11 is 6.40. The van der Waals surface area contributed by atoms with Gasteiger partial charge in [0, 0.05) is 24.2 Å². The molecule has 0 aliphatic rings. The Morgan fingerprint density at radius 2 is 1.61 bits per heavy atom. The number of halogens is 1. The van der Waals surface area contributed by atoms with E-state index in [1.807, 2.05) is 6.92 Å². The molecule has 0 aliphatic heterocycles. The number of anilines is 1. The van der Waals surface area contributed by atoms with E-state index >= 15 is 0 Å². The Bertz CT molecular complexity index is 1440. The predicted octanol–water partition coefficient (Wildman–Crippen LogP) is 4.89. The number of rotatable bonds is 14. The molecule has 0 saturated carbocycles. The molecule has 2 amide bonds. The van der Waals surface area contributed by atoms with E-state index in [0.29, 0.717) is 22.9 Å². The second-order valence-electron chi connectivity index (χ2n) is 9.30. The first kappa shape index (κ1) is 31.8. The number of hydrogen-bond acceptors (Lipinski definition) is 6. The molecule has 3 aromatic carbocycles. The predicted molar refractivity (Wildman–Crippen MR) is 160 cm³/mol. The van der Waals surface area contributed by atoms with Crippen LogP contribution in [-0.2, 0) is 26.2 Å². The van der Waals surface area contributed by atoms with E-state index < -0.39 is 28.5 Å². The Hall–Kier alpha value is -3.76. The quantitative estimate of drug-likeness (QED) is 0.264. The molecule has 0 aliphatic carbocycles. The number of methoxy groups -OCH3 is 2. The summed E-state index contributed by atoms with van der Waals surface area (Å²) in [5, 5.41) is 3.29. The second kappa shape index (κ2) is 14.7. The van der Waals surface area contributed by atoms with Crippen molar-refractivity contribution < 1.29 is 27.5 Å². The van der Waals surface area contributed by atoms with Gasteiger partial charge in [-0.15, -0.1) is 0 Å². The smallest absolute Gasteiger partial charge is 0.264 e. The topological polar surface area (TPSA) is 105 Å². The van der Waals surface area contributed by atoms with Gasteiger partial charge in [0.25, 0.3) is 10.0 Å². The standard InChI is InChI=1S/C30H36ClN3O6S/c1-5-6-18-32-30(36)22(2)33(20-23-12-10-11-15-26(23)31)29(35)21-34(24-13-8-7-9-14-24)41(37,38)25-16-17-27(39-3)28(19-25)40-4/h7-17,19,22H,5-6,18,20-21H2,1-4H3,(H,32,36)/t22-/m1/s1. The Morgan fingerprint density at radius 3 is 2.24 bits per heavy atom. The second-order valence-corrected chi connectivity index (χ2v) is 11.6. The van der Waals surface area contributed by atoms with Crippen molar-refractivity contribution in [3.63, 3.8) is 0 Å². The lowest BCUT2D eigenvalue weighted by Gasteiger charge is -2.32. The lowest BCUT2D eigenvalue weighted by atomic mass is 10.1. The van der Waals surface area contributed by atoms with Gasteiger partial charge in [0.15, 0.2) is 11.5 Å². The van der Waals surface area contributed by atoms with Crippen LogP contribution in [0.2, 0.25) is 5.02 Å². The highest BCUT2D eigenvalue weighted by molar-refractivity contribution is 7.92. The molecule has 41 heavy (non-hydrogen) atoms. The van der Waals surface area contributed by atoms with Gasteiger partial charge in [-0.25, -0.2) is 8.42 Å². The molecule has 0 spiro atoms. The highest BCUT2D eigenvalue weighted by Crippen LogP contribution is 2.32. The number of sulfonamides is 1. The van der Waals surface area contributed by atoms with Crippen molar-refractivity contribution in [3.05, 3.63) is 83.4 Å². The van der Waals surface area contributed by atoms with Gasteiger partial charge in [0.2, 0.25) is 11.8 Å². The molecule has 11 heteroatoms. The van der Waals surface area contributed by atoms with E-state index in [1.54, 1.807) is 61.5 Å². The van der Waals surface area contributed by atoms with Crippen LogP contribution in [0.4, 0.5) is 5.69 Å². The van der Waals surface area contributed by atoms with E-state index in [9.17, 15) is 18.0 Å². The van der Waals surface area contributed by atoms with Gasteiger partial charge in [-0.3, -0.25) is 13.9 Å². The zero-order chi connectivity index (χ0) is 30.0. The lowest BCUT2D eigenvalue weighted by Crippen LogP contribution is -2.51. The number of amides is 2. The van der Waals surface area contributed by atoms with Gasteiger partial charge in [-0.1, -0.05) is 61.3 Å². The molecule has 1 atom stereocenters. The van der Waals surface area contributed by atoms with Gasteiger partial charge >= 0.3 is 0 Å². The number of nitrogens with zero attached hydrogens (tertiary/aromatic N) is 2. The molecular weight excluding hydrogens is 566 g/mol. The van der Waals surface area contributed by atoms with E-state index in [4.69, 9.17) is 21.1 Å². The number of ether oxygens (including phenoxy) is 2. The largest absolute Gasteiger partial charge is 0.493 e. The van der Waals surface area contributed by atoms with Crippen LogP contribution in [-0.4, -0.2) is 58.5 Å². The number of carbonyl (C=O) groups is 2. The van der Waals surface area contributed by atoms with Crippen LogP contribution < -0.4 is 19.1 Å². The molecule has 1 N–H and O–H groups in total. The summed E-state index contributed by atoms with van der Waals surface area (Å²) in [6, 6.07) is 18.7. The molecule has 9 nitrogen and oxygen atoms in total. The fraction of sp³-hybridized carbons (Fsp3) is 0.333. The summed E-state index contributed by atoms with van der Waals surface area (Å²) in [5.41, 5.74) is 0.915. The Kier molecular flexibility index (Phi) is 11.4. The maximum Gasteiger partial charge on any atom is 0.264 e. The van der Waals surface area contributed by atoms with Crippen LogP contribution in [0, 0.1) is 0 Å². The normalized spacial score (nSPS) is 11.8. The Morgan fingerprint density at radius 1 is 0.951 bits per heavy atom. The van der Waals surface area contributed by atoms with E-state index in [-0.39, 0.29) is 28.8 Å². The summed E-state index contributed by atoms with van der Waals surface area (Å²) in [4.78, 5) is 28.3. The van der Waals surface area contributed by atoms with Crippen molar-refractivity contribution in [2.45, 2.75) is 44.2 Å². The number of nitrogens with one attached hydrogen (secondary N) is 1. The van der Waals surface area contributed by atoms with Gasteiger partial charge in [-0.05, 0) is 49.2 Å². The summed E-state index contributed by atoms with van der Waals surface area (Å²) in [7, 11) is -1.40. The van der Waals surface area contributed by atoms with Gasteiger partial charge in [0.05, 0.1) is 24.8 Å². The average molecular weight is 602 g/mol. The monoisotopic (exact) mass is 601 g/mol. The minimum atomic E-state index is -4.26. The minimum Gasteiger partial charge on any atom is -0.493 e. The van der Waals surface area contributed by atoms with Crippen LogP contribution >= 0.6 is 11.6 Å². The summed E-state index contributed by atoms with van der Waals surface area (Å²) in [6.45, 7) is 3.56. The first-order valence-electron chi connectivity index (χ1n) is 13.2. The van der Waals surface area contributed by atoms with Crippen molar-refractivity contribution in [3.8, 4) is 11.5 Å². The third kappa shape index (κ3) is 7.92. The van der Waals surface area contributed by atoms with E-state index in [0.717, 1.165) is 17.1 Å². The summed E-state index contributed by atoms with van der Waals surface area (Å²) in [6.07, 6.45) is 1.69. The van der Waals surface area contributed by atoms with Crippen LogP contribution in [0.3, 0.4) is 0 Å². The first-order chi connectivity index (χ1) is 19.6. The van der Waals surface area contributed by atoms with Crippen molar-refractivity contribution in [1.29, 1.82) is 0 Å². The molecular formula is C30H36ClN3O6S. The summed E-state index contributed by atoms with van der Waals surface area (Å²) < 4.78 is 39.6. The third-order valence-electron chi connectivity index (χ3n) is 6.56. The number of hydrogen-bond donors (Lipinski definition) is 1. The SMILES string of the molecule is CCCCNC(=O)[C@@H](C)N(Cc1ccccc1Cl)C(=O)CN(c1ccccc1)S(=O)(=O)c1ccc(OC)c(OC)c1. The highest BCUT2D eigenvalue weighted by atomic mass is 35.5. The molecule has 0 fully saturated rings. The lowest BCUT2D eigenvalue weighted by molar-refractivity contribution is -0.139. The average Bonchev–Trinajstić information content (AvgIpc) is 2.98. The molecule has 220 valence electrons. The maximum absolute atomic E-state index is 14.0. The number of carbonyl (C=O) groups excluding carboxylic acids is 2. The zero-order valence-electron chi connectivity index (χ0n) is 23.7. The van der Waals surface area contributed by atoms with Crippen LogP contribution in [0.1, 0.15) is 32.3 Å². The van der Waals surface area contributed by atoms with Crippen molar-refractivity contribution in [1.82, 2.24) is 10.2 Å². The number of para-hydroxylation sites is 1. The van der Waals surface area contributed by atoms with Crippen molar-refractivity contribution >= 4 is 39.1 Å². The molecule has 0 saturated heterocycles. The molecule has 0 radical (unpaired) electrons. The first-order valence-corrected chi connectivity index (χ1v) is 15.1. The molecule has 0 unspecified atom stereocenters. The van der Waals surface area contributed by atoms with Crippen LogP contribution in [0.25, 0.3) is 0 Å². The van der Waals surface area contributed by atoms with E-state index in [1.165, 1.54) is 37.3 Å². The van der Waals surface area contributed by atoms with Crippen LogP contribution in [0.5, 0.6) is 11.5 Å². The van der Waals surface area contributed by atoms with Crippen LogP contribution in [0.15, 0.2) is 77.7 Å². The van der Waals surface area contributed by atoms with Crippen molar-refractivity contribution in [2.24, 2.45) is 0 Å². The van der Waals surface area contributed by atoms with Gasteiger partial charge in [-0.2, -0.15) is 0 Å². The van der Waals surface area contributed by atoms with Crippen molar-refractivity contribution in [2.75, 3.05) is 31.6 Å². The molecule has 0 heterocycles. The third-order valence-corrected chi connectivity index (χ3v) is 8.70. The van der Waals surface area contributed by atoms with Gasteiger partial charge < -0.3 is 19.7 Å². The molecule has 3 aromatic rings. The minimum absolute atomic E-state index is 0.0138. The number of benzene rings is 3. The molecule has 0 aromatic heterocycles. The van der Waals surface area contributed by atoms with E-state index in [2.05, 4.69) is 5.32 Å². The fourth-order valence-electron chi connectivity index (χ4n) is 4.16. The Balaban J connectivity index is 2.02. The zero-order valence-corrected chi connectivity index (χ0v) is 25.2. The van der Waals surface area contributed by atoms with Gasteiger partial charge in [0.1, 0.15) is 12.6 Å². The highest BCUT2D eigenvalue weighted by Gasteiger charge is 2.33. The molecule has 3 rings (SSSR count). The molecule has 0 bridgehead atoms. The number of unbranched alkanes of at least 4 members (excludes halogenated alkanes) is 1. The fourth-order valence-corrected chi connectivity index (χ4v) is 5.78.